The van der Waals surface area contributed by atoms with Crippen molar-refractivity contribution in [2.75, 3.05) is 27.2 Å². The van der Waals surface area contributed by atoms with Crippen molar-refractivity contribution in [1.29, 1.82) is 0 Å². The molecular formula is C21H29N5O. The number of carbonyl (C=O) groups is 1. The number of allylic oxidation sites excluding steroid dienone is 2. The van der Waals surface area contributed by atoms with E-state index in [1.165, 1.54) is 0 Å². The van der Waals surface area contributed by atoms with Gasteiger partial charge in [-0.15, -0.1) is 0 Å². The Morgan fingerprint density at radius 1 is 1.22 bits per heavy atom. The molecule has 2 aliphatic rings. The molecule has 0 spiro atoms. The van der Waals surface area contributed by atoms with Crippen molar-refractivity contribution >= 4 is 16.8 Å². The van der Waals surface area contributed by atoms with E-state index < -0.39 is 0 Å². The van der Waals surface area contributed by atoms with Crippen LogP contribution in [-0.4, -0.2) is 70.8 Å². The summed E-state index contributed by atoms with van der Waals surface area (Å²) in [5.74, 6) is -0.0496. The number of hydrogen-bond donors (Lipinski definition) is 1. The minimum Gasteiger partial charge on any atom is -0.348 e. The molecule has 0 saturated carbocycles. The molecule has 3 heterocycles. The van der Waals surface area contributed by atoms with Gasteiger partial charge in [-0.05, 0) is 39.9 Å². The molecule has 0 aliphatic carbocycles. The Kier molecular flexibility index (Phi) is 5.02. The molecule has 27 heavy (non-hydrogen) atoms. The summed E-state index contributed by atoms with van der Waals surface area (Å²) in [5, 5.41) is 8.83. The lowest BCUT2D eigenvalue weighted by molar-refractivity contribution is 0.00837. The van der Waals surface area contributed by atoms with E-state index in [2.05, 4.69) is 40.4 Å². The number of nitrogens with zero attached hydrogens (tertiary/aromatic N) is 4. The van der Waals surface area contributed by atoms with Gasteiger partial charge in [-0.25, -0.2) is 0 Å². The lowest BCUT2D eigenvalue weighted by Crippen LogP contribution is -2.63. The third-order valence-electron chi connectivity index (χ3n) is 6.03. The van der Waals surface area contributed by atoms with Crippen LogP contribution in [-0.2, 0) is 6.54 Å². The number of fused-ring (bicyclic) bond motifs is 3. The molecule has 1 aromatic heterocycles. The van der Waals surface area contributed by atoms with Crippen molar-refractivity contribution in [3.05, 3.63) is 42.1 Å². The molecule has 144 valence electrons. The molecule has 2 atom stereocenters. The topological polar surface area (TPSA) is 53.4 Å². The standard InChI is InChI=1S/C21H29N5O/c1-4-5-10-26-19-9-7-6-8-18(19)20(23-26)21(27)22-15-11-16-13-24(2)14-17(12-15)25(16)3/h4-9,15-17H,10-14H2,1-3H3,(H,22,27)/b5-4+. The van der Waals surface area contributed by atoms with Crippen LogP contribution in [0.15, 0.2) is 36.4 Å². The Balaban J connectivity index is 1.54. The van der Waals surface area contributed by atoms with E-state index in [-0.39, 0.29) is 11.9 Å². The summed E-state index contributed by atoms with van der Waals surface area (Å²) in [4.78, 5) is 17.9. The molecule has 6 heteroatoms. The fourth-order valence-corrected chi connectivity index (χ4v) is 4.60. The summed E-state index contributed by atoms with van der Waals surface area (Å²) in [6, 6.07) is 9.22. The van der Waals surface area contributed by atoms with Gasteiger partial charge in [0.25, 0.3) is 5.91 Å². The zero-order valence-corrected chi connectivity index (χ0v) is 16.4. The van der Waals surface area contributed by atoms with E-state index in [1.54, 1.807) is 0 Å². The number of rotatable bonds is 4. The third kappa shape index (κ3) is 3.51. The number of aromatic nitrogens is 2. The van der Waals surface area contributed by atoms with Crippen molar-refractivity contribution in [2.45, 2.75) is 44.4 Å². The first-order valence-electron chi connectivity index (χ1n) is 9.85. The Morgan fingerprint density at radius 3 is 2.63 bits per heavy atom. The zero-order chi connectivity index (χ0) is 19.0. The highest BCUT2D eigenvalue weighted by atomic mass is 16.2. The van der Waals surface area contributed by atoms with Gasteiger partial charge in [0.2, 0.25) is 0 Å². The molecule has 6 nitrogen and oxygen atoms in total. The lowest BCUT2D eigenvalue weighted by atomic mass is 9.88. The molecule has 1 aromatic carbocycles. The summed E-state index contributed by atoms with van der Waals surface area (Å²) < 4.78 is 1.91. The predicted molar refractivity (Wildman–Crippen MR) is 108 cm³/mol. The average molecular weight is 367 g/mol. The zero-order valence-electron chi connectivity index (χ0n) is 16.4. The van der Waals surface area contributed by atoms with Crippen molar-refractivity contribution in [3.8, 4) is 0 Å². The number of nitrogens with one attached hydrogen (secondary N) is 1. The molecule has 4 rings (SSSR count). The van der Waals surface area contributed by atoms with E-state index in [0.717, 1.165) is 36.8 Å². The van der Waals surface area contributed by atoms with E-state index in [9.17, 15) is 4.79 Å². The molecule has 1 N–H and O–H groups in total. The Hall–Kier alpha value is -2.18. The number of amides is 1. The van der Waals surface area contributed by atoms with Gasteiger partial charge in [0, 0.05) is 36.6 Å². The second kappa shape index (κ2) is 7.44. The van der Waals surface area contributed by atoms with Crippen LogP contribution >= 0.6 is 0 Å². The predicted octanol–water partition coefficient (Wildman–Crippen LogP) is 2.12. The maximum Gasteiger partial charge on any atom is 0.272 e. The van der Waals surface area contributed by atoms with Gasteiger partial charge in [-0.3, -0.25) is 14.4 Å². The average Bonchev–Trinajstić information content (AvgIpc) is 3.01. The Bertz CT molecular complexity index is 841. The van der Waals surface area contributed by atoms with Gasteiger partial charge < -0.3 is 10.2 Å². The number of likely N-dealkylation sites (tertiary alicyclic amines) is 1. The van der Waals surface area contributed by atoms with Crippen molar-refractivity contribution in [2.24, 2.45) is 0 Å². The van der Waals surface area contributed by atoms with Crippen LogP contribution in [0.2, 0.25) is 0 Å². The van der Waals surface area contributed by atoms with Crippen LogP contribution in [0.25, 0.3) is 10.9 Å². The smallest absolute Gasteiger partial charge is 0.272 e. The minimum absolute atomic E-state index is 0.0496. The monoisotopic (exact) mass is 367 g/mol. The SMILES string of the molecule is C/C=C/Cn1nc(C(=O)NC2CC3CN(C)CC(C2)N3C)c2ccccc21. The first-order valence-corrected chi connectivity index (χ1v) is 9.85. The number of hydrogen-bond acceptors (Lipinski definition) is 4. The van der Waals surface area contributed by atoms with E-state index in [4.69, 9.17) is 0 Å². The third-order valence-corrected chi connectivity index (χ3v) is 6.03. The van der Waals surface area contributed by atoms with Crippen molar-refractivity contribution in [3.63, 3.8) is 0 Å². The molecular weight excluding hydrogens is 338 g/mol. The number of likely N-dealkylation sites (N-methyl/N-ethyl adjacent to an activating group) is 2. The number of piperidine rings is 1. The van der Waals surface area contributed by atoms with Crippen molar-refractivity contribution < 1.29 is 4.79 Å². The molecule has 1 amide bonds. The highest BCUT2D eigenvalue weighted by Crippen LogP contribution is 2.27. The van der Waals surface area contributed by atoms with Gasteiger partial charge in [0.15, 0.2) is 5.69 Å². The van der Waals surface area contributed by atoms with E-state index >= 15 is 0 Å². The van der Waals surface area contributed by atoms with E-state index in [1.807, 2.05) is 41.9 Å². The fourth-order valence-electron chi connectivity index (χ4n) is 4.60. The second-order valence-corrected chi connectivity index (χ2v) is 7.95. The van der Waals surface area contributed by atoms with Crippen LogP contribution in [0.4, 0.5) is 0 Å². The number of para-hydroxylation sites is 1. The van der Waals surface area contributed by atoms with E-state index in [0.29, 0.717) is 24.3 Å². The first-order chi connectivity index (χ1) is 13.1. The first kappa shape index (κ1) is 18.2. The fraction of sp³-hybridized carbons (Fsp3) is 0.524. The molecule has 2 unspecified atom stereocenters. The highest BCUT2D eigenvalue weighted by Gasteiger charge is 2.38. The summed E-state index contributed by atoms with van der Waals surface area (Å²) in [5.41, 5.74) is 1.54. The molecule has 2 aromatic rings. The molecule has 2 aliphatic heterocycles. The van der Waals surface area contributed by atoms with Crippen molar-refractivity contribution in [1.82, 2.24) is 24.9 Å². The van der Waals surface area contributed by atoms with Crippen LogP contribution in [0.3, 0.4) is 0 Å². The number of carbonyl (C=O) groups excluding carboxylic acids is 1. The molecule has 2 bridgehead atoms. The van der Waals surface area contributed by atoms with Crippen LogP contribution in [0.5, 0.6) is 0 Å². The van der Waals surface area contributed by atoms with Gasteiger partial charge in [0.1, 0.15) is 0 Å². The summed E-state index contributed by atoms with van der Waals surface area (Å²) in [6.45, 7) is 4.81. The summed E-state index contributed by atoms with van der Waals surface area (Å²) in [7, 11) is 4.41. The molecule has 0 radical (unpaired) electrons. The minimum atomic E-state index is -0.0496. The van der Waals surface area contributed by atoms with Crippen LogP contribution < -0.4 is 5.32 Å². The van der Waals surface area contributed by atoms with Crippen LogP contribution in [0, 0.1) is 0 Å². The number of benzene rings is 1. The molecule has 2 saturated heterocycles. The Morgan fingerprint density at radius 2 is 1.93 bits per heavy atom. The van der Waals surface area contributed by atoms with Gasteiger partial charge in [-0.1, -0.05) is 30.4 Å². The number of piperazine rings is 1. The highest BCUT2D eigenvalue weighted by molar-refractivity contribution is 6.05. The van der Waals surface area contributed by atoms with Crippen LogP contribution in [0.1, 0.15) is 30.3 Å². The maximum atomic E-state index is 13.1. The van der Waals surface area contributed by atoms with Gasteiger partial charge in [-0.2, -0.15) is 5.10 Å². The molecule has 2 fully saturated rings. The maximum absolute atomic E-state index is 13.1. The quantitative estimate of drug-likeness (QED) is 0.841. The second-order valence-electron chi connectivity index (χ2n) is 7.95. The largest absolute Gasteiger partial charge is 0.348 e. The normalized spacial score (nSPS) is 26.7. The van der Waals surface area contributed by atoms with Gasteiger partial charge >= 0.3 is 0 Å². The Labute approximate surface area is 160 Å². The lowest BCUT2D eigenvalue weighted by Gasteiger charge is -2.50. The summed E-state index contributed by atoms with van der Waals surface area (Å²) in [6.07, 6.45) is 6.06. The summed E-state index contributed by atoms with van der Waals surface area (Å²) >= 11 is 0. The van der Waals surface area contributed by atoms with Gasteiger partial charge in [0.05, 0.1) is 12.1 Å².